The molecule has 4 rings (SSSR count). The lowest BCUT2D eigenvalue weighted by molar-refractivity contribution is 0.0235. The number of benzene rings is 1. The van der Waals surface area contributed by atoms with Crippen LogP contribution < -0.4 is 11.1 Å². The number of primary amides is 1. The number of nitrogens with zero attached hydrogens (tertiary/aromatic N) is 4. The van der Waals surface area contributed by atoms with Crippen LogP contribution in [0.5, 0.6) is 0 Å². The van der Waals surface area contributed by atoms with Crippen molar-refractivity contribution in [2.75, 3.05) is 18.4 Å². The minimum absolute atomic E-state index is 0.0496. The predicted octanol–water partition coefficient (Wildman–Crippen LogP) is 3.31. The second-order valence-corrected chi connectivity index (χ2v) is 8.93. The Labute approximate surface area is 186 Å². The number of hydrogen-bond donors (Lipinski definition) is 2. The Bertz CT molecular complexity index is 1130. The molecule has 0 spiro atoms. The van der Waals surface area contributed by atoms with Crippen molar-refractivity contribution in [1.82, 2.24) is 19.5 Å². The highest BCUT2D eigenvalue weighted by Crippen LogP contribution is 2.25. The fraction of sp³-hybridized carbons (Fsp3) is 0.391. The number of fused-ring (bicyclic) bond motifs is 1. The normalized spacial score (nSPS) is 16.3. The molecule has 32 heavy (non-hydrogen) atoms. The van der Waals surface area contributed by atoms with Gasteiger partial charge in [-0.1, -0.05) is 12.1 Å². The largest absolute Gasteiger partial charge is 0.444 e. The van der Waals surface area contributed by atoms with Gasteiger partial charge in [0.2, 0.25) is 5.91 Å². The highest BCUT2D eigenvalue weighted by Gasteiger charge is 2.32. The highest BCUT2D eigenvalue weighted by atomic mass is 16.6. The maximum absolute atomic E-state index is 12.5. The zero-order valence-corrected chi connectivity index (χ0v) is 18.5. The summed E-state index contributed by atoms with van der Waals surface area (Å²) in [5.41, 5.74) is 7.69. The number of anilines is 1. The van der Waals surface area contributed by atoms with E-state index in [1.807, 2.05) is 45.2 Å². The Morgan fingerprint density at radius 2 is 1.97 bits per heavy atom. The second kappa shape index (κ2) is 8.49. The molecule has 9 heteroatoms. The molecule has 3 heterocycles. The summed E-state index contributed by atoms with van der Waals surface area (Å²) in [6, 6.07) is 8.94. The Balaban J connectivity index is 1.49. The number of rotatable bonds is 5. The van der Waals surface area contributed by atoms with Gasteiger partial charge in [-0.15, -0.1) is 0 Å². The summed E-state index contributed by atoms with van der Waals surface area (Å²) in [7, 11) is 0. The zero-order chi connectivity index (χ0) is 22.9. The average Bonchev–Trinajstić information content (AvgIpc) is 3.38. The van der Waals surface area contributed by atoms with Gasteiger partial charge >= 0.3 is 6.09 Å². The van der Waals surface area contributed by atoms with Crippen LogP contribution in [0.15, 0.2) is 42.7 Å². The quantitative estimate of drug-likeness (QED) is 0.634. The first kappa shape index (κ1) is 21.6. The fourth-order valence-electron chi connectivity index (χ4n) is 3.82. The molecule has 2 amide bonds. The topological polar surface area (TPSA) is 115 Å². The summed E-state index contributed by atoms with van der Waals surface area (Å²) >= 11 is 0. The molecular weight excluding hydrogens is 408 g/mol. The molecule has 1 fully saturated rings. The van der Waals surface area contributed by atoms with Crippen molar-refractivity contribution < 1.29 is 14.3 Å². The van der Waals surface area contributed by atoms with E-state index in [1.165, 1.54) is 0 Å². The van der Waals surface area contributed by atoms with Crippen molar-refractivity contribution in [2.24, 2.45) is 5.73 Å². The monoisotopic (exact) mass is 436 g/mol. The lowest BCUT2D eigenvalue weighted by atomic mass is 10.1. The molecule has 1 aliphatic heterocycles. The smallest absolute Gasteiger partial charge is 0.410 e. The number of nitrogens with two attached hydrogens (primary N) is 1. The van der Waals surface area contributed by atoms with Crippen LogP contribution in [0.3, 0.4) is 0 Å². The molecule has 1 saturated heterocycles. The third kappa shape index (κ3) is 4.66. The summed E-state index contributed by atoms with van der Waals surface area (Å²) in [5, 5.41) is 7.72. The molecular formula is C23H28N6O3. The number of carbonyl (C=O) groups excluding carboxylic acids is 2. The summed E-state index contributed by atoms with van der Waals surface area (Å²) < 4.78 is 7.24. The number of hydrogen-bond acceptors (Lipinski definition) is 6. The van der Waals surface area contributed by atoms with Crippen LogP contribution in [0.25, 0.3) is 16.8 Å². The molecule has 1 aliphatic rings. The minimum atomic E-state index is -0.516. The number of amides is 2. The standard InChI is InChI=1S/C23H28N6O3/c1-23(2,3)32-22(31)28-11-4-5-17(28)13-25-19-10-12-29-21(27-19)18(14-26-29)15-6-8-16(9-7-15)20(24)30/h6-10,12,14,17H,4-5,11,13H2,1-3H3,(H2,24,30)(H,25,27). The van der Waals surface area contributed by atoms with Crippen LogP contribution >= 0.6 is 0 Å². The Kier molecular flexibility index (Phi) is 5.73. The summed E-state index contributed by atoms with van der Waals surface area (Å²) in [5.74, 6) is 0.234. The second-order valence-electron chi connectivity index (χ2n) is 8.93. The van der Waals surface area contributed by atoms with Gasteiger partial charge in [-0.05, 0) is 57.4 Å². The number of ether oxygens (including phenoxy) is 1. The van der Waals surface area contributed by atoms with E-state index in [-0.39, 0.29) is 12.1 Å². The van der Waals surface area contributed by atoms with Gasteiger partial charge in [0.15, 0.2) is 5.65 Å². The molecule has 0 aliphatic carbocycles. The molecule has 9 nitrogen and oxygen atoms in total. The van der Waals surface area contributed by atoms with E-state index >= 15 is 0 Å². The lowest BCUT2D eigenvalue weighted by Crippen LogP contribution is -2.42. The average molecular weight is 437 g/mol. The van der Waals surface area contributed by atoms with Crippen LogP contribution in [-0.4, -0.2) is 56.2 Å². The van der Waals surface area contributed by atoms with Crippen LogP contribution in [0, 0.1) is 0 Å². The van der Waals surface area contributed by atoms with Crippen LogP contribution in [0.2, 0.25) is 0 Å². The Morgan fingerprint density at radius 1 is 1.22 bits per heavy atom. The number of nitrogens with one attached hydrogen (secondary N) is 1. The Hall–Kier alpha value is -3.62. The van der Waals surface area contributed by atoms with Crippen molar-refractivity contribution in [3.05, 3.63) is 48.3 Å². The zero-order valence-electron chi connectivity index (χ0n) is 18.5. The van der Waals surface area contributed by atoms with Gasteiger partial charge in [0, 0.05) is 30.4 Å². The molecule has 0 radical (unpaired) electrons. The van der Waals surface area contributed by atoms with Crippen LogP contribution in [0.1, 0.15) is 44.0 Å². The maximum atomic E-state index is 12.5. The van der Waals surface area contributed by atoms with Gasteiger partial charge in [0.1, 0.15) is 11.4 Å². The molecule has 168 valence electrons. The van der Waals surface area contributed by atoms with Gasteiger partial charge < -0.3 is 20.7 Å². The van der Waals surface area contributed by atoms with Crippen molar-refractivity contribution >= 4 is 23.5 Å². The number of likely N-dealkylation sites (tertiary alicyclic amines) is 1. The van der Waals surface area contributed by atoms with Crippen molar-refractivity contribution in [2.45, 2.75) is 45.3 Å². The molecule has 0 saturated carbocycles. The Morgan fingerprint density at radius 3 is 2.66 bits per heavy atom. The van der Waals surface area contributed by atoms with Gasteiger partial charge in [0.05, 0.1) is 12.2 Å². The van der Waals surface area contributed by atoms with Crippen molar-refractivity contribution in [3.63, 3.8) is 0 Å². The first-order valence-corrected chi connectivity index (χ1v) is 10.7. The molecule has 3 N–H and O–H groups in total. The minimum Gasteiger partial charge on any atom is -0.444 e. The summed E-state index contributed by atoms with van der Waals surface area (Å²) in [6.45, 7) is 6.90. The fourth-order valence-corrected chi connectivity index (χ4v) is 3.82. The first-order valence-electron chi connectivity index (χ1n) is 10.7. The third-order valence-electron chi connectivity index (χ3n) is 5.37. The van der Waals surface area contributed by atoms with Gasteiger partial charge in [-0.3, -0.25) is 4.79 Å². The summed E-state index contributed by atoms with van der Waals surface area (Å²) in [4.78, 5) is 30.3. The molecule has 1 aromatic carbocycles. The van der Waals surface area contributed by atoms with Gasteiger partial charge in [-0.2, -0.15) is 5.10 Å². The van der Waals surface area contributed by atoms with E-state index in [9.17, 15) is 9.59 Å². The first-order chi connectivity index (χ1) is 15.2. The van der Waals surface area contributed by atoms with E-state index in [0.29, 0.717) is 30.1 Å². The summed E-state index contributed by atoms with van der Waals surface area (Å²) in [6.07, 6.45) is 5.17. The lowest BCUT2D eigenvalue weighted by Gasteiger charge is -2.28. The highest BCUT2D eigenvalue weighted by molar-refractivity contribution is 5.93. The van der Waals surface area contributed by atoms with E-state index in [0.717, 1.165) is 24.0 Å². The van der Waals surface area contributed by atoms with Gasteiger partial charge in [0.25, 0.3) is 0 Å². The molecule has 1 atom stereocenters. The van der Waals surface area contributed by atoms with E-state index in [1.54, 1.807) is 27.7 Å². The third-order valence-corrected chi connectivity index (χ3v) is 5.37. The maximum Gasteiger partial charge on any atom is 0.410 e. The molecule has 1 unspecified atom stereocenters. The van der Waals surface area contributed by atoms with E-state index in [4.69, 9.17) is 15.5 Å². The number of carbonyl (C=O) groups is 2. The van der Waals surface area contributed by atoms with Crippen molar-refractivity contribution in [1.29, 1.82) is 0 Å². The van der Waals surface area contributed by atoms with Crippen molar-refractivity contribution in [3.8, 4) is 11.1 Å². The van der Waals surface area contributed by atoms with Crippen LogP contribution in [0.4, 0.5) is 10.6 Å². The van der Waals surface area contributed by atoms with Crippen LogP contribution in [-0.2, 0) is 4.74 Å². The van der Waals surface area contributed by atoms with Gasteiger partial charge in [-0.25, -0.2) is 14.3 Å². The molecule has 2 aromatic heterocycles. The molecule has 3 aromatic rings. The van der Waals surface area contributed by atoms with E-state index < -0.39 is 11.5 Å². The number of aromatic nitrogens is 3. The molecule has 0 bridgehead atoms. The predicted molar refractivity (Wildman–Crippen MR) is 121 cm³/mol. The van der Waals surface area contributed by atoms with E-state index in [2.05, 4.69) is 10.4 Å². The SMILES string of the molecule is CC(C)(C)OC(=O)N1CCCC1CNc1ccn2ncc(-c3ccc(C(N)=O)cc3)c2n1.